The Balaban J connectivity index is 1.74. The maximum absolute atomic E-state index is 11.7. The average molecular weight is 441 g/mol. The number of hydrogen-bond donors (Lipinski definition) is 0. The third-order valence-corrected chi connectivity index (χ3v) is 5.14. The van der Waals surface area contributed by atoms with Crippen molar-refractivity contribution in [2.45, 2.75) is 52.1 Å². The van der Waals surface area contributed by atoms with Crippen molar-refractivity contribution in [1.29, 1.82) is 0 Å². The highest BCUT2D eigenvalue weighted by Gasteiger charge is 2.20. The number of benzene rings is 2. The Labute approximate surface area is 189 Å². The molecule has 164 valence electrons. The van der Waals surface area contributed by atoms with Crippen molar-refractivity contribution in [3.63, 3.8) is 0 Å². The van der Waals surface area contributed by atoms with Crippen molar-refractivity contribution in [3.05, 3.63) is 70.8 Å². The Morgan fingerprint density at radius 2 is 1.84 bits per heavy atom. The van der Waals surface area contributed by atoms with Gasteiger partial charge in [0.25, 0.3) is 0 Å². The molecule has 0 saturated heterocycles. The van der Waals surface area contributed by atoms with Crippen LogP contribution in [0.5, 0.6) is 11.5 Å². The molecule has 4 nitrogen and oxygen atoms in total. The van der Waals surface area contributed by atoms with Gasteiger partial charge in [0.05, 0.1) is 11.6 Å². The fraction of sp³-hybridized carbons (Fsp3) is 0.346. The summed E-state index contributed by atoms with van der Waals surface area (Å²) in [7, 11) is 0. The van der Waals surface area contributed by atoms with E-state index in [0.717, 1.165) is 41.7 Å². The first-order chi connectivity index (χ1) is 14.7. The summed E-state index contributed by atoms with van der Waals surface area (Å²) >= 11 is 6.52. The van der Waals surface area contributed by atoms with E-state index in [4.69, 9.17) is 25.8 Å². The highest BCUT2D eigenvalue weighted by molar-refractivity contribution is 6.32. The number of fused-ring (bicyclic) bond motifs is 1. The smallest absolute Gasteiger partial charge is 0.455 e. The molecule has 0 atom stereocenters. The number of ether oxygens (including phenoxy) is 3. The van der Waals surface area contributed by atoms with Gasteiger partial charge in [-0.1, -0.05) is 54.1 Å². The molecule has 0 amide bonds. The van der Waals surface area contributed by atoms with E-state index in [1.54, 1.807) is 0 Å². The second-order valence-corrected chi connectivity index (χ2v) is 8.98. The van der Waals surface area contributed by atoms with E-state index in [-0.39, 0.29) is 0 Å². The molecule has 3 rings (SSSR count). The van der Waals surface area contributed by atoms with E-state index in [9.17, 15) is 4.79 Å². The maximum atomic E-state index is 11.7. The maximum Gasteiger partial charge on any atom is 0.508 e. The molecule has 1 aliphatic rings. The molecule has 0 heterocycles. The van der Waals surface area contributed by atoms with Crippen LogP contribution in [-0.4, -0.2) is 18.4 Å². The predicted octanol–water partition coefficient (Wildman–Crippen LogP) is 8.05. The van der Waals surface area contributed by atoms with Gasteiger partial charge >= 0.3 is 6.16 Å². The largest absolute Gasteiger partial charge is 0.508 e. The monoisotopic (exact) mass is 440 g/mol. The summed E-state index contributed by atoms with van der Waals surface area (Å²) < 4.78 is 16.5. The Bertz CT molecular complexity index is 971. The van der Waals surface area contributed by atoms with Gasteiger partial charge in [-0.25, -0.2) is 4.79 Å². The Hall–Kier alpha value is -2.72. The molecule has 2 aromatic carbocycles. The van der Waals surface area contributed by atoms with Crippen LogP contribution >= 0.6 is 11.6 Å². The molecule has 0 aliphatic heterocycles. The molecule has 0 N–H and O–H groups in total. The number of rotatable bonds is 6. The standard InChI is InChI=1S/C26H29ClO4/c1-18-12-13-19(9-8-16-29-25(28)31-26(2,3)4)17-22-21(18)14-15-23(27)24(22)30-20-10-6-5-7-11-20/h5-7,10-11,14-15,17H,1,8-9,12-13,16H2,2-4H3. The second kappa shape index (κ2) is 10.1. The minimum absolute atomic E-state index is 0.309. The van der Waals surface area contributed by atoms with E-state index in [0.29, 0.717) is 23.8 Å². The number of halogens is 1. The predicted molar refractivity (Wildman–Crippen MR) is 126 cm³/mol. The topological polar surface area (TPSA) is 44.8 Å². The van der Waals surface area contributed by atoms with Crippen molar-refractivity contribution in [1.82, 2.24) is 0 Å². The molecule has 31 heavy (non-hydrogen) atoms. The SMILES string of the molecule is C=C1CCC(CCCOC(=O)OC(C)(C)C)=Cc2c1ccc(Cl)c2Oc1ccccc1. The molecular formula is C26H29ClO4. The molecule has 0 fully saturated rings. The van der Waals surface area contributed by atoms with Crippen LogP contribution in [-0.2, 0) is 9.47 Å². The van der Waals surface area contributed by atoms with Crippen LogP contribution in [0.1, 0.15) is 57.6 Å². The minimum Gasteiger partial charge on any atom is -0.455 e. The number of allylic oxidation sites excluding steroid dienone is 2. The van der Waals surface area contributed by atoms with Gasteiger partial charge in [-0.05, 0) is 75.8 Å². The number of carbonyl (C=O) groups is 1. The quantitative estimate of drug-likeness (QED) is 0.336. The third-order valence-electron chi connectivity index (χ3n) is 4.84. The van der Waals surface area contributed by atoms with Gasteiger partial charge in [0.15, 0.2) is 5.75 Å². The van der Waals surface area contributed by atoms with Gasteiger partial charge in [0.2, 0.25) is 0 Å². The van der Waals surface area contributed by atoms with Crippen molar-refractivity contribution < 1.29 is 19.0 Å². The first kappa shape index (κ1) is 23.0. The summed E-state index contributed by atoms with van der Waals surface area (Å²) in [5, 5.41) is 0.557. The van der Waals surface area contributed by atoms with Crippen LogP contribution in [0.4, 0.5) is 4.79 Å². The van der Waals surface area contributed by atoms with Crippen LogP contribution in [0.2, 0.25) is 5.02 Å². The van der Waals surface area contributed by atoms with Crippen molar-refractivity contribution >= 4 is 29.4 Å². The lowest BCUT2D eigenvalue weighted by molar-refractivity contribution is -0.00745. The molecule has 0 bridgehead atoms. The minimum atomic E-state index is -0.633. The Morgan fingerprint density at radius 1 is 1.10 bits per heavy atom. The summed E-state index contributed by atoms with van der Waals surface area (Å²) in [5.41, 5.74) is 3.74. The van der Waals surface area contributed by atoms with E-state index in [2.05, 4.69) is 12.7 Å². The summed E-state index contributed by atoms with van der Waals surface area (Å²) in [5.74, 6) is 1.37. The van der Waals surface area contributed by atoms with E-state index < -0.39 is 11.8 Å². The van der Waals surface area contributed by atoms with E-state index in [1.807, 2.05) is 63.2 Å². The van der Waals surface area contributed by atoms with Crippen LogP contribution in [0.15, 0.2) is 54.6 Å². The van der Waals surface area contributed by atoms with Crippen molar-refractivity contribution in [3.8, 4) is 11.5 Å². The van der Waals surface area contributed by atoms with E-state index in [1.165, 1.54) is 5.57 Å². The van der Waals surface area contributed by atoms with Gasteiger partial charge in [-0.2, -0.15) is 0 Å². The summed E-state index contributed by atoms with van der Waals surface area (Å²) in [6.45, 7) is 10.0. The second-order valence-electron chi connectivity index (χ2n) is 8.58. The number of hydrogen-bond acceptors (Lipinski definition) is 4. The zero-order valence-electron chi connectivity index (χ0n) is 18.4. The van der Waals surface area contributed by atoms with Crippen molar-refractivity contribution in [2.24, 2.45) is 0 Å². The fourth-order valence-corrected chi connectivity index (χ4v) is 3.59. The fourth-order valence-electron chi connectivity index (χ4n) is 3.39. The highest BCUT2D eigenvalue weighted by Crippen LogP contribution is 2.42. The Morgan fingerprint density at radius 3 is 2.55 bits per heavy atom. The summed E-state index contributed by atoms with van der Waals surface area (Å²) in [6, 6.07) is 13.5. The lowest BCUT2D eigenvalue weighted by Crippen LogP contribution is -2.24. The molecule has 0 unspecified atom stereocenters. The van der Waals surface area contributed by atoms with Crippen LogP contribution in [0.3, 0.4) is 0 Å². The third kappa shape index (κ3) is 6.63. The van der Waals surface area contributed by atoms with Crippen molar-refractivity contribution in [2.75, 3.05) is 6.61 Å². The van der Waals surface area contributed by atoms with Gasteiger partial charge in [-0.15, -0.1) is 0 Å². The molecular weight excluding hydrogens is 412 g/mol. The summed E-state index contributed by atoms with van der Waals surface area (Å²) in [6.07, 6.45) is 4.77. The molecule has 0 radical (unpaired) electrons. The molecule has 0 spiro atoms. The Kier molecular flexibility index (Phi) is 7.45. The molecule has 5 heteroatoms. The van der Waals surface area contributed by atoms with Crippen LogP contribution < -0.4 is 4.74 Å². The lowest BCUT2D eigenvalue weighted by atomic mass is 9.99. The molecule has 1 aliphatic carbocycles. The van der Waals surface area contributed by atoms with Gasteiger partial charge in [-0.3, -0.25) is 0 Å². The molecule has 0 aromatic heterocycles. The zero-order valence-corrected chi connectivity index (χ0v) is 19.1. The molecule has 2 aromatic rings. The van der Waals surface area contributed by atoms with Gasteiger partial charge in [0.1, 0.15) is 11.4 Å². The summed E-state index contributed by atoms with van der Waals surface area (Å²) in [4.78, 5) is 11.7. The highest BCUT2D eigenvalue weighted by atomic mass is 35.5. The van der Waals surface area contributed by atoms with Gasteiger partial charge < -0.3 is 14.2 Å². The molecule has 0 saturated carbocycles. The van der Waals surface area contributed by atoms with Gasteiger partial charge in [0, 0.05) is 5.56 Å². The lowest BCUT2D eigenvalue weighted by Gasteiger charge is -2.18. The van der Waals surface area contributed by atoms with Crippen LogP contribution in [0, 0.1) is 0 Å². The first-order valence-electron chi connectivity index (χ1n) is 10.5. The zero-order chi connectivity index (χ0) is 22.4. The first-order valence-corrected chi connectivity index (χ1v) is 10.9. The average Bonchev–Trinajstić information content (AvgIpc) is 2.86. The number of para-hydroxylation sites is 1. The van der Waals surface area contributed by atoms with Crippen LogP contribution in [0.25, 0.3) is 11.6 Å². The number of carbonyl (C=O) groups excluding carboxylic acids is 1. The normalized spacial score (nSPS) is 13.7. The van der Waals surface area contributed by atoms with E-state index >= 15 is 0 Å².